The van der Waals surface area contributed by atoms with Gasteiger partial charge in [0.25, 0.3) is 0 Å². The van der Waals surface area contributed by atoms with Crippen LogP contribution in [0.3, 0.4) is 0 Å². The molecule has 1 aromatic heterocycles. The van der Waals surface area contributed by atoms with Gasteiger partial charge in [-0.3, -0.25) is 4.79 Å². The Morgan fingerprint density at radius 2 is 1.92 bits per heavy atom. The zero-order valence-electron chi connectivity index (χ0n) is 14.6. The van der Waals surface area contributed by atoms with Crippen molar-refractivity contribution in [1.29, 1.82) is 0 Å². The minimum atomic E-state index is -1.14. The Morgan fingerprint density at radius 1 is 1.24 bits per heavy atom. The lowest BCUT2D eigenvalue weighted by atomic mass is 10.2. The number of carboxylic acid groups (broad SMARTS) is 1. The normalized spacial score (nSPS) is 10.7. The van der Waals surface area contributed by atoms with Gasteiger partial charge in [-0.1, -0.05) is 12.1 Å². The lowest BCUT2D eigenvalue weighted by molar-refractivity contribution is 0.0683. The highest BCUT2D eigenvalue weighted by Crippen LogP contribution is 2.14. The molecule has 0 aliphatic carbocycles. The van der Waals surface area contributed by atoms with E-state index in [1.54, 1.807) is 7.11 Å². The summed E-state index contributed by atoms with van der Waals surface area (Å²) in [6.45, 7) is 1.29. The molecular weight excluding hydrogens is 324 g/mol. The summed E-state index contributed by atoms with van der Waals surface area (Å²) in [7, 11) is 5.37. The van der Waals surface area contributed by atoms with Crippen LogP contribution in [0.2, 0.25) is 0 Å². The number of aromatic nitrogens is 1. The maximum atomic E-state index is 12.1. The average molecular weight is 346 g/mol. The lowest BCUT2D eigenvalue weighted by Crippen LogP contribution is -2.24. The van der Waals surface area contributed by atoms with E-state index in [2.05, 4.69) is 0 Å². The zero-order valence-corrected chi connectivity index (χ0v) is 14.6. The number of carbonyl (C=O) groups is 1. The number of aromatic carboxylic acids is 1. The molecule has 1 aromatic carbocycles. The first-order chi connectivity index (χ1) is 11.9. The molecule has 0 saturated carbocycles. The summed E-state index contributed by atoms with van der Waals surface area (Å²) in [5.74, 6) is -0.280. The number of likely N-dealkylation sites (N-methyl/N-ethyl adjacent to an activating group) is 1. The third-order valence-corrected chi connectivity index (χ3v) is 3.65. The Labute approximate surface area is 146 Å². The Balaban J connectivity index is 2.19. The van der Waals surface area contributed by atoms with E-state index in [9.17, 15) is 14.7 Å². The second-order valence-electron chi connectivity index (χ2n) is 5.83. The number of nitrogens with zero attached hydrogens (tertiary/aromatic N) is 2. The minimum absolute atomic E-state index is 0.0522. The van der Waals surface area contributed by atoms with Crippen molar-refractivity contribution in [3.05, 3.63) is 58.0 Å². The number of carboxylic acids is 1. The van der Waals surface area contributed by atoms with Crippen molar-refractivity contribution < 1.29 is 19.4 Å². The second-order valence-corrected chi connectivity index (χ2v) is 5.83. The van der Waals surface area contributed by atoms with Crippen LogP contribution in [0, 0.1) is 0 Å². The quantitative estimate of drug-likeness (QED) is 0.783. The van der Waals surface area contributed by atoms with Crippen LogP contribution in [0.25, 0.3) is 0 Å². The third kappa shape index (κ3) is 5.09. The zero-order chi connectivity index (χ0) is 18.4. The van der Waals surface area contributed by atoms with Gasteiger partial charge in [0.2, 0.25) is 5.43 Å². The molecule has 2 rings (SSSR count). The second kappa shape index (κ2) is 8.34. The van der Waals surface area contributed by atoms with Crippen molar-refractivity contribution >= 4 is 5.97 Å². The first-order valence-corrected chi connectivity index (χ1v) is 7.79. The predicted octanol–water partition coefficient (Wildman–Crippen LogP) is 1.70. The van der Waals surface area contributed by atoms with Gasteiger partial charge in [0.05, 0.1) is 13.3 Å². The van der Waals surface area contributed by atoms with E-state index in [0.29, 0.717) is 13.1 Å². The summed E-state index contributed by atoms with van der Waals surface area (Å²) in [4.78, 5) is 25.4. The predicted molar refractivity (Wildman–Crippen MR) is 93.5 cm³/mol. The minimum Gasteiger partial charge on any atom is -0.497 e. The highest BCUT2D eigenvalue weighted by Gasteiger charge is 2.13. The number of pyridine rings is 1. The van der Waals surface area contributed by atoms with Crippen LogP contribution in [0.4, 0.5) is 0 Å². The van der Waals surface area contributed by atoms with Crippen molar-refractivity contribution in [2.24, 2.45) is 0 Å². The van der Waals surface area contributed by atoms with Gasteiger partial charge in [-0.25, -0.2) is 4.79 Å². The molecule has 0 bridgehead atoms. The molecule has 7 heteroatoms. The van der Waals surface area contributed by atoms with E-state index in [1.807, 2.05) is 43.3 Å². The molecule has 0 aliphatic heterocycles. The van der Waals surface area contributed by atoms with E-state index in [-0.39, 0.29) is 18.1 Å². The Bertz CT molecular complexity index is 781. The fourth-order valence-corrected chi connectivity index (χ4v) is 2.22. The van der Waals surface area contributed by atoms with Crippen LogP contribution in [-0.2, 0) is 13.2 Å². The van der Waals surface area contributed by atoms with E-state index in [4.69, 9.17) is 9.47 Å². The number of rotatable bonds is 8. The smallest absolute Gasteiger partial charge is 0.352 e. The molecule has 25 heavy (non-hydrogen) atoms. The molecular formula is C18H22N2O5. The monoisotopic (exact) mass is 346 g/mol. The SMILES string of the molecule is COc1ccc(COc2cn(CCN(C)C)c(C(=O)O)cc2=O)cc1. The van der Waals surface area contributed by atoms with Crippen LogP contribution in [0.15, 0.2) is 41.3 Å². The third-order valence-electron chi connectivity index (χ3n) is 3.65. The highest BCUT2D eigenvalue weighted by molar-refractivity contribution is 5.85. The molecule has 0 aliphatic rings. The first-order valence-electron chi connectivity index (χ1n) is 7.79. The first kappa shape index (κ1) is 18.5. The van der Waals surface area contributed by atoms with Crippen molar-refractivity contribution in [2.75, 3.05) is 27.7 Å². The Kier molecular flexibility index (Phi) is 6.19. The molecule has 0 fully saturated rings. The molecule has 134 valence electrons. The molecule has 7 nitrogen and oxygen atoms in total. The van der Waals surface area contributed by atoms with Crippen LogP contribution >= 0.6 is 0 Å². The molecule has 0 unspecified atom stereocenters. The molecule has 0 saturated heterocycles. The molecule has 2 aromatic rings. The lowest BCUT2D eigenvalue weighted by Gasteiger charge is -2.16. The Hall–Kier alpha value is -2.80. The maximum Gasteiger partial charge on any atom is 0.352 e. The number of methoxy groups -OCH3 is 1. The van der Waals surface area contributed by atoms with Crippen molar-refractivity contribution in [3.8, 4) is 11.5 Å². The highest BCUT2D eigenvalue weighted by atomic mass is 16.5. The molecule has 1 heterocycles. The summed E-state index contributed by atoms with van der Waals surface area (Å²) < 4.78 is 12.2. The van der Waals surface area contributed by atoms with Crippen molar-refractivity contribution in [3.63, 3.8) is 0 Å². The van der Waals surface area contributed by atoms with Gasteiger partial charge >= 0.3 is 5.97 Å². The summed E-state index contributed by atoms with van der Waals surface area (Å²) in [5, 5.41) is 9.28. The van der Waals surface area contributed by atoms with Crippen molar-refractivity contribution in [1.82, 2.24) is 9.47 Å². The molecule has 0 atom stereocenters. The summed E-state index contributed by atoms with van der Waals surface area (Å²) in [6, 6.07) is 8.40. The van der Waals surface area contributed by atoms with Gasteiger partial charge < -0.3 is 24.0 Å². The average Bonchev–Trinajstić information content (AvgIpc) is 2.59. The molecule has 1 N–H and O–H groups in total. The molecule has 0 spiro atoms. The van der Waals surface area contributed by atoms with E-state index < -0.39 is 11.4 Å². The topological polar surface area (TPSA) is 81.0 Å². The Morgan fingerprint density at radius 3 is 2.48 bits per heavy atom. The standard InChI is InChI=1S/C18H22N2O5/c1-19(2)8-9-20-11-17(16(21)10-15(20)18(22)23)25-12-13-4-6-14(24-3)7-5-13/h4-7,10-11H,8-9,12H2,1-3H3,(H,22,23). The number of ether oxygens (including phenoxy) is 2. The van der Waals surface area contributed by atoms with Gasteiger partial charge in [0.15, 0.2) is 5.75 Å². The fraction of sp³-hybridized carbons (Fsp3) is 0.333. The van der Waals surface area contributed by atoms with Crippen LogP contribution in [0.5, 0.6) is 11.5 Å². The summed E-state index contributed by atoms with van der Waals surface area (Å²) in [5.41, 5.74) is 0.373. The van der Waals surface area contributed by atoms with Crippen LogP contribution in [0.1, 0.15) is 16.1 Å². The number of hydrogen-bond donors (Lipinski definition) is 1. The van der Waals surface area contributed by atoms with E-state index >= 15 is 0 Å². The van der Waals surface area contributed by atoms with E-state index in [1.165, 1.54) is 10.8 Å². The molecule has 0 amide bonds. The van der Waals surface area contributed by atoms with Gasteiger partial charge in [-0.2, -0.15) is 0 Å². The maximum absolute atomic E-state index is 12.1. The number of benzene rings is 1. The van der Waals surface area contributed by atoms with E-state index in [0.717, 1.165) is 17.4 Å². The largest absolute Gasteiger partial charge is 0.497 e. The number of hydrogen-bond acceptors (Lipinski definition) is 5. The van der Waals surface area contributed by atoms with Crippen LogP contribution in [-0.4, -0.2) is 48.3 Å². The fourth-order valence-electron chi connectivity index (χ4n) is 2.22. The van der Waals surface area contributed by atoms with Gasteiger partial charge in [0, 0.05) is 19.2 Å². The van der Waals surface area contributed by atoms with Crippen LogP contribution < -0.4 is 14.9 Å². The summed E-state index contributed by atoms with van der Waals surface area (Å²) >= 11 is 0. The van der Waals surface area contributed by atoms with Gasteiger partial charge in [0.1, 0.15) is 18.1 Å². The van der Waals surface area contributed by atoms with Gasteiger partial charge in [-0.05, 0) is 31.8 Å². The van der Waals surface area contributed by atoms with Gasteiger partial charge in [-0.15, -0.1) is 0 Å². The summed E-state index contributed by atoms with van der Waals surface area (Å²) in [6.07, 6.45) is 1.46. The molecule has 0 radical (unpaired) electrons. The van der Waals surface area contributed by atoms with Crippen molar-refractivity contribution in [2.45, 2.75) is 13.2 Å².